The van der Waals surface area contributed by atoms with Gasteiger partial charge in [0.2, 0.25) is 11.8 Å². The first-order chi connectivity index (χ1) is 16.8. The number of methoxy groups -OCH3 is 2. The maximum absolute atomic E-state index is 13.8. The molecule has 1 aliphatic heterocycles. The molecule has 8 nitrogen and oxygen atoms in total. The first-order valence-electron chi connectivity index (χ1n) is 11.1. The fraction of sp³-hybridized carbons (Fsp3) is 0.222. The van der Waals surface area contributed by atoms with Crippen molar-refractivity contribution in [3.05, 3.63) is 83.4 Å². The molecule has 0 aliphatic carbocycles. The summed E-state index contributed by atoms with van der Waals surface area (Å²) in [5, 5.41) is 5.68. The van der Waals surface area contributed by atoms with Crippen molar-refractivity contribution in [3.63, 3.8) is 0 Å². The van der Waals surface area contributed by atoms with Gasteiger partial charge < -0.3 is 25.0 Å². The van der Waals surface area contributed by atoms with Crippen LogP contribution in [0, 0.1) is 0 Å². The van der Waals surface area contributed by atoms with Gasteiger partial charge in [-0.05, 0) is 47.5 Å². The van der Waals surface area contributed by atoms with Crippen molar-refractivity contribution in [2.45, 2.75) is 18.9 Å². The number of carbonyl (C=O) groups excluding carboxylic acids is 3. The summed E-state index contributed by atoms with van der Waals surface area (Å²) in [6.45, 7) is 1.42. The number of hydrogen-bond donors (Lipinski definition) is 2. The number of fused-ring (bicyclic) bond motifs is 1. The third-order valence-corrected chi connectivity index (χ3v) is 6.06. The highest BCUT2D eigenvalue weighted by atomic mass is 16.5. The van der Waals surface area contributed by atoms with E-state index in [4.69, 9.17) is 9.47 Å². The third kappa shape index (κ3) is 4.68. The van der Waals surface area contributed by atoms with Crippen LogP contribution in [0.2, 0.25) is 0 Å². The highest BCUT2D eigenvalue weighted by Gasteiger charge is 2.42. The second kappa shape index (κ2) is 9.89. The Morgan fingerprint density at radius 3 is 2.23 bits per heavy atom. The number of ether oxygens (including phenoxy) is 2. The van der Waals surface area contributed by atoms with E-state index >= 15 is 0 Å². The normalized spacial score (nSPS) is 16.8. The number of benzene rings is 3. The standard InChI is InChI=1S/C27H27N3O5/c1-16(31)28-18-8-7-9-19(15-18)29-26(32)24-20-10-5-6-11-21(20)27(33)30(2)25(24)17-12-13-22(34-3)23(14-17)35-4/h5-15,24-25H,1-4H3,(H,28,31)(H,29,32)/t24-,25+/m1/s1. The molecule has 180 valence electrons. The molecule has 0 fully saturated rings. The van der Waals surface area contributed by atoms with Gasteiger partial charge in [0.1, 0.15) is 0 Å². The average molecular weight is 474 g/mol. The first-order valence-corrected chi connectivity index (χ1v) is 11.1. The minimum atomic E-state index is -0.698. The Morgan fingerprint density at radius 2 is 1.54 bits per heavy atom. The lowest BCUT2D eigenvalue weighted by Crippen LogP contribution is -2.44. The molecule has 3 amide bonds. The van der Waals surface area contributed by atoms with E-state index in [-0.39, 0.29) is 17.7 Å². The van der Waals surface area contributed by atoms with Crippen LogP contribution in [0.1, 0.15) is 40.4 Å². The Labute approximate surface area is 203 Å². The number of anilines is 2. The Hall–Kier alpha value is -4.33. The Kier molecular flexibility index (Phi) is 6.73. The van der Waals surface area contributed by atoms with Gasteiger partial charge in [-0.3, -0.25) is 14.4 Å². The number of hydrogen-bond acceptors (Lipinski definition) is 5. The molecular weight excluding hydrogens is 446 g/mol. The van der Waals surface area contributed by atoms with Crippen LogP contribution in [-0.2, 0) is 9.59 Å². The Morgan fingerprint density at radius 1 is 0.857 bits per heavy atom. The lowest BCUT2D eigenvalue weighted by atomic mass is 9.79. The smallest absolute Gasteiger partial charge is 0.254 e. The second-order valence-corrected chi connectivity index (χ2v) is 8.29. The summed E-state index contributed by atoms with van der Waals surface area (Å²) in [7, 11) is 4.78. The predicted molar refractivity (Wildman–Crippen MR) is 133 cm³/mol. The van der Waals surface area contributed by atoms with E-state index in [0.29, 0.717) is 34.0 Å². The molecule has 1 heterocycles. The Bertz CT molecular complexity index is 1290. The van der Waals surface area contributed by atoms with E-state index < -0.39 is 12.0 Å². The molecule has 35 heavy (non-hydrogen) atoms. The van der Waals surface area contributed by atoms with Crippen LogP contribution < -0.4 is 20.1 Å². The predicted octanol–water partition coefficient (Wildman–Crippen LogP) is 4.21. The maximum Gasteiger partial charge on any atom is 0.254 e. The van der Waals surface area contributed by atoms with Gasteiger partial charge in [0.15, 0.2) is 11.5 Å². The van der Waals surface area contributed by atoms with Crippen molar-refractivity contribution in [1.82, 2.24) is 4.90 Å². The van der Waals surface area contributed by atoms with Crippen LogP contribution in [0.4, 0.5) is 11.4 Å². The van der Waals surface area contributed by atoms with E-state index in [1.807, 2.05) is 18.2 Å². The molecule has 0 saturated carbocycles. The molecule has 0 bridgehead atoms. The molecular formula is C27H27N3O5. The molecule has 3 aromatic rings. The van der Waals surface area contributed by atoms with E-state index in [1.165, 1.54) is 6.92 Å². The lowest BCUT2D eigenvalue weighted by Gasteiger charge is -2.40. The number of rotatable bonds is 6. The van der Waals surface area contributed by atoms with Gasteiger partial charge in [0.05, 0.1) is 26.2 Å². The molecule has 2 N–H and O–H groups in total. The number of carbonyl (C=O) groups is 3. The fourth-order valence-corrected chi connectivity index (χ4v) is 4.51. The third-order valence-electron chi connectivity index (χ3n) is 6.06. The second-order valence-electron chi connectivity index (χ2n) is 8.29. The number of amides is 3. The molecule has 0 saturated heterocycles. The molecule has 0 spiro atoms. The quantitative estimate of drug-likeness (QED) is 0.559. The van der Waals surface area contributed by atoms with E-state index in [9.17, 15) is 14.4 Å². The van der Waals surface area contributed by atoms with E-state index in [2.05, 4.69) is 10.6 Å². The van der Waals surface area contributed by atoms with Crippen LogP contribution in [-0.4, -0.2) is 43.9 Å². The monoisotopic (exact) mass is 473 g/mol. The summed E-state index contributed by atoms with van der Waals surface area (Å²) in [6, 6.07) is 18.9. The number of nitrogens with one attached hydrogen (secondary N) is 2. The van der Waals surface area contributed by atoms with E-state index in [1.54, 1.807) is 74.7 Å². The highest BCUT2D eigenvalue weighted by Crippen LogP contribution is 2.44. The summed E-state index contributed by atoms with van der Waals surface area (Å²) >= 11 is 0. The Balaban J connectivity index is 1.78. The van der Waals surface area contributed by atoms with Crippen molar-refractivity contribution in [2.24, 2.45) is 0 Å². The zero-order chi connectivity index (χ0) is 25.1. The van der Waals surface area contributed by atoms with Crippen molar-refractivity contribution >= 4 is 29.1 Å². The maximum atomic E-state index is 13.8. The van der Waals surface area contributed by atoms with Crippen molar-refractivity contribution < 1.29 is 23.9 Å². The summed E-state index contributed by atoms with van der Waals surface area (Å²) < 4.78 is 10.8. The number of likely N-dealkylation sites (N-methyl/N-ethyl adjacent to an activating group) is 1. The molecule has 0 aromatic heterocycles. The lowest BCUT2D eigenvalue weighted by molar-refractivity contribution is -0.119. The fourth-order valence-electron chi connectivity index (χ4n) is 4.51. The molecule has 2 atom stereocenters. The summed E-state index contributed by atoms with van der Waals surface area (Å²) in [4.78, 5) is 40.1. The van der Waals surface area contributed by atoms with Crippen LogP contribution in [0.15, 0.2) is 66.7 Å². The number of nitrogens with zero attached hydrogens (tertiary/aromatic N) is 1. The van der Waals surface area contributed by atoms with Crippen LogP contribution in [0.5, 0.6) is 11.5 Å². The molecule has 0 radical (unpaired) electrons. The van der Waals surface area contributed by atoms with Crippen LogP contribution in [0.3, 0.4) is 0 Å². The van der Waals surface area contributed by atoms with E-state index in [0.717, 1.165) is 5.56 Å². The molecule has 1 aliphatic rings. The van der Waals surface area contributed by atoms with Crippen LogP contribution in [0.25, 0.3) is 0 Å². The SMILES string of the molecule is COc1ccc([C@H]2[C@H](C(=O)Nc3cccc(NC(C)=O)c3)c3ccccc3C(=O)N2C)cc1OC. The van der Waals surface area contributed by atoms with Gasteiger partial charge in [-0.2, -0.15) is 0 Å². The topological polar surface area (TPSA) is 97.0 Å². The van der Waals surface area contributed by atoms with Gasteiger partial charge in [0, 0.05) is 30.9 Å². The van der Waals surface area contributed by atoms with Gasteiger partial charge in [-0.25, -0.2) is 0 Å². The molecule has 3 aromatic carbocycles. The average Bonchev–Trinajstić information content (AvgIpc) is 2.85. The largest absolute Gasteiger partial charge is 0.493 e. The minimum Gasteiger partial charge on any atom is -0.493 e. The van der Waals surface area contributed by atoms with Gasteiger partial charge >= 0.3 is 0 Å². The first kappa shape index (κ1) is 23.8. The highest BCUT2D eigenvalue weighted by molar-refractivity contribution is 6.04. The van der Waals surface area contributed by atoms with Gasteiger partial charge in [-0.1, -0.05) is 30.3 Å². The molecule has 4 rings (SSSR count). The van der Waals surface area contributed by atoms with Crippen molar-refractivity contribution in [2.75, 3.05) is 31.9 Å². The summed E-state index contributed by atoms with van der Waals surface area (Å²) in [5.41, 5.74) is 2.97. The van der Waals surface area contributed by atoms with Gasteiger partial charge in [-0.15, -0.1) is 0 Å². The van der Waals surface area contributed by atoms with Crippen molar-refractivity contribution in [3.8, 4) is 11.5 Å². The van der Waals surface area contributed by atoms with Crippen molar-refractivity contribution in [1.29, 1.82) is 0 Å². The summed E-state index contributed by atoms with van der Waals surface area (Å²) in [5.74, 6) is -0.294. The zero-order valence-corrected chi connectivity index (χ0v) is 20.0. The minimum absolute atomic E-state index is 0.169. The molecule has 0 unspecified atom stereocenters. The van der Waals surface area contributed by atoms with Gasteiger partial charge in [0.25, 0.3) is 5.91 Å². The summed E-state index contributed by atoms with van der Waals surface area (Å²) in [6.07, 6.45) is 0. The van der Waals surface area contributed by atoms with Crippen LogP contribution >= 0.6 is 0 Å². The zero-order valence-electron chi connectivity index (χ0n) is 20.0. The molecule has 8 heteroatoms.